The Morgan fingerprint density at radius 3 is 2.18 bits per heavy atom. The summed E-state index contributed by atoms with van der Waals surface area (Å²) in [4.78, 5) is 27.6. The predicted molar refractivity (Wildman–Crippen MR) is 124 cm³/mol. The van der Waals surface area contributed by atoms with Gasteiger partial charge in [-0.05, 0) is 94.4 Å². The number of urea groups is 1. The number of nitrogens with one attached hydrogen (secondary N) is 3. The molecule has 0 unspecified atom stereocenters. The van der Waals surface area contributed by atoms with E-state index in [9.17, 15) is 18.0 Å². The van der Waals surface area contributed by atoms with Gasteiger partial charge in [0, 0.05) is 30.2 Å². The first-order chi connectivity index (χ1) is 15.7. The molecule has 0 aromatic heterocycles. The molecule has 6 rings (SSSR count). The Hall–Kier alpha value is -2.13. The summed E-state index contributed by atoms with van der Waals surface area (Å²) < 4.78 is 26.4. The molecule has 1 aromatic rings. The largest absolute Gasteiger partial charge is 0.338 e. The predicted octanol–water partition coefficient (Wildman–Crippen LogP) is 2.47. The zero-order valence-corrected chi connectivity index (χ0v) is 20.0. The van der Waals surface area contributed by atoms with E-state index in [1.54, 1.807) is 17.0 Å². The van der Waals surface area contributed by atoms with Crippen molar-refractivity contribution >= 4 is 22.0 Å². The van der Waals surface area contributed by atoms with Crippen LogP contribution >= 0.6 is 0 Å². The Bertz CT molecular complexity index is 997. The SMILES string of the molecule is CNS(=O)(=O)c1cccc(C(=O)N2CCC(NC(=O)NC34CC5CC(CC(C5)C3)C4)CC2)c1. The third-order valence-corrected chi connectivity index (χ3v) is 9.61. The maximum Gasteiger partial charge on any atom is 0.315 e. The molecule has 0 atom stereocenters. The zero-order chi connectivity index (χ0) is 23.2. The molecule has 1 saturated heterocycles. The van der Waals surface area contributed by atoms with E-state index in [-0.39, 0.29) is 28.4 Å². The Morgan fingerprint density at radius 2 is 1.61 bits per heavy atom. The smallest absolute Gasteiger partial charge is 0.315 e. The number of hydrogen-bond donors (Lipinski definition) is 3. The lowest BCUT2D eigenvalue weighted by Gasteiger charge is -2.56. The van der Waals surface area contributed by atoms with Crippen molar-refractivity contribution in [1.29, 1.82) is 0 Å². The van der Waals surface area contributed by atoms with Crippen molar-refractivity contribution in [2.75, 3.05) is 20.1 Å². The van der Waals surface area contributed by atoms with Gasteiger partial charge in [0.15, 0.2) is 0 Å². The molecular weight excluding hydrogens is 440 g/mol. The molecule has 4 bridgehead atoms. The Kier molecular flexibility index (Phi) is 5.89. The molecular formula is C24H34N4O4S. The molecule has 4 aliphatic carbocycles. The van der Waals surface area contributed by atoms with E-state index >= 15 is 0 Å². The summed E-state index contributed by atoms with van der Waals surface area (Å²) in [6.07, 6.45) is 8.80. The number of benzene rings is 1. The van der Waals surface area contributed by atoms with E-state index in [1.165, 1.54) is 38.4 Å². The van der Waals surface area contributed by atoms with E-state index in [0.717, 1.165) is 37.0 Å². The molecule has 5 aliphatic rings. The van der Waals surface area contributed by atoms with Crippen LogP contribution in [0, 0.1) is 17.8 Å². The number of rotatable bonds is 5. The fourth-order valence-corrected chi connectivity index (χ4v) is 7.83. The quantitative estimate of drug-likeness (QED) is 0.609. The molecule has 3 N–H and O–H groups in total. The number of carbonyl (C=O) groups is 2. The first-order valence-corrected chi connectivity index (χ1v) is 13.7. The minimum Gasteiger partial charge on any atom is -0.338 e. The van der Waals surface area contributed by atoms with Gasteiger partial charge in [-0.25, -0.2) is 17.9 Å². The van der Waals surface area contributed by atoms with Crippen molar-refractivity contribution in [2.24, 2.45) is 17.8 Å². The monoisotopic (exact) mass is 474 g/mol. The molecule has 180 valence electrons. The fourth-order valence-electron chi connectivity index (χ4n) is 7.05. The van der Waals surface area contributed by atoms with Crippen molar-refractivity contribution in [3.05, 3.63) is 29.8 Å². The highest BCUT2D eigenvalue weighted by atomic mass is 32.2. The zero-order valence-electron chi connectivity index (χ0n) is 19.2. The van der Waals surface area contributed by atoms with Crippen LogP contribution in [0.3, 0.4) is 0 Å². The molecule has 5 fully saturated rings. The molecule has 0 spiro atoms. The molecule has 0 radical (unpaired) electrons. The molecule has 3 amide bonds. The first-order valence-electron chi connectivity index (χ1n) is 12.2. The van der Waals surface area contributed by atoms with Gasteiger partial charge in [0.1, 0.15) is 0 Å². The summed E-state index contributed by atoms with van der Waals surface area (Å²) >= 11 is 0. The summed E-state index contributed by atoms with van der Waals surface area (Å²) in [5, 5.41) is 6.52. The molecule has 1 aliphatic heterocycles. The van der Waals surface area contributed by atoms with Crippen LogP contribution in [0.15, 0.2) is 29.2 Å². The standard InChI is InChI=1S/C24H34N4O4S/c1-25-33(31,32)21-4-2-3-19(12-21)22(29)28-7-5-20(6-8-28)26-23(30)27-24-13-16-9-17(14-24)11-18(10-16)15-24/h2-4,12,16-18,20,25H,5-11,13-15H2,1H3,(H2,26,27,30). The number of nitrogens with zero attached hydrogens (tertiary/aromatic N) is 1. The second-order valence-corrected chi connectivity index (χ2v) is 12.5. The highest BCUT2D eigenvalue weighted by Gasteiger charge is 2.51. The van der Waals surface area contributed by atoms with Crippen LogP contribution in [0.4, 0.5) is 4.79 Å². The van der Waals surface area contributed by atoms with Crippen LogP contribution in [-0.4, -0.2) is 57.0 Å². The van der Waals surface area contributed by atoms with E-state index in [2.05, 4.69) is 15.4 Å². The van der Waals surface area contributed by atoms with Gasteiger partial charge >= 0.3 is 6.03 Å². The number of hydrogen-bond acceptors (Lipinski definition) is 4. The van der Waals surface area contributed by atoms with Crippen LogP contribution in [0.25, 0.3) is 0 Å². The third kappa shape index (κ3) is 4.62. The van der Waals surface area contributed by atoms with Gasteiger partial charge < -0.3 is 15.5 Å². The van der Waals surface area contributed by atoms with E-state index < -0.39 is 10.0 Å². The van der Waals surface area contributed by atoms with Gasteiger partial charge in [0.25, 0.3) is 5.91 Å². The van der Waals surface area contributed by atoms with Gasteiger partial charge in [-0.15, -0.1) is 0 Å². The summed E-state index contributed by atoms with van der Waals surface area (Å²) in [5.41, 5.74) is 0.353. The molecule has 1 aromatic carbocycles. The van der Waals surface area contributed by atoms with Crippen molar-refractivity contribution < 1.29 is 18.0 Å². The first kappa shape index (κ1) is 22.7. The summed E-state index contributed by atoms with van der Waals surface area (Å²) in [5.74, 6) is 2.17. The van der Waals surface area contributed by atoms with E-state index in [4.69, 9.17) is 0 Å². The topological polar surface area (TPSA) is 108 Å². The summed E-state index contributed by atoms with van der Waals surface area (Å²) in [7, 11) is -2.25. The van der Waals surface area contributed by atoms with Crippen LogP contribution in [0.2, 0.25) is 0 Å². The van der Waals surface area contributed by atoms with E-state index in [0.29, 0.717) is 31.5 Å². The molecule has 4 saturated carbocycles. The maximum atomic E-state index is 12.9. The summed E-state index contributed by atoms with van der Waals surface area (Å²) in [6, 6.07) is 6.09. The fraction of sp³-hybridized carbons (Fsp3) is 0.667. The van der Waals surface area contributed by atoms with Gasteiger partial charge in [-0.1, -0.05) is 6.07 Å². The summed E-state index contributed by atoms with van der Waals surface area (Å²) in [6.45, 7) is 1.06. The number of piperidine rings is 1. The normalized spacial score (nSPS) is 31.4. The highest BCUT2D eigenvalue weighted by molar-refractivity contribution is 7.89. The van der Waals surface area contributed by atoms with Crippen LogP contribution in [0.5, 0.6) is 0 Å². The lowest BCUT2D eigenvalue weighted by molar-refractivity contribution is -0.0137. The van der Waals surface area contributed by atoms with Crippen molar-refractivity contribution in [2.45, 2.75) is 67.8 Å². The van der Waals surface area contributed by atoms with Crippen LogP contribution < -0.4 is 15.4 Å². The number of likely N-dealkylation sites (tertiary alicyclic amines) is 1. The van der Waals surface area contributed by atoms with Crippen LogP contribution in [-0.2, 0) is 10.0 Å². The number of carbonyl (C=O) groups excluding carboxylic acids is 2. The van der Waals surface area contributed by atoms with Crippen molar-refractivity contribution in [1.82, 2.24) is 20.3 Å². The van der Waals surface area contributed by atoms with Crippen molar-refractivity contribution in [3.63, 3.8) is 0 Å². The second-order valence-electron chi connectivity index (χ2n) is 10.6. The number of sulfonamides is 1. The number of amides is 3. The highest BCUT2D eigenvalue weighted by Crippen LogP contribution is 2.55. The average molecular weight is 475 g/mol. The molecule has 33 heavy (non-hydrogen) atoms. The van der Waals surface area contributed by atoms with Gasteiger partial charge in [-0.3, -0.25) is 4.79 Å². The minimum absolute atomic E-state index is 0.00575. The third-order valence-electron chi connectivity index (χ3n) is 8.19. The molecule has 1 heterocycles. The Labute approximate surface area is 195 Å². The van der Waals surface area contributed by atoms with E-state index in [1.807, 2.05) is 0 Å². The van der Waals surface area contributed by atoms with Crippen LogP contribution in [0.1, 0.15) is 61.7 Å². The maximum absolute atomic E-state index is 12.9. The minimum atomic E-state index is -3.60. The van der Waals surface area contributed by atoms with Crippen molar-refractivity contribution in [3.8, 4) is 0 Å². The lowest BCUT2D eigenvalue weighted by Crippen LogP contribution is -2.62. The molecule has 8 nitrogen and oxygen atoms in total. The van der Waals surface area contributed by atoms with Gasteiger partial charge in [-0.2, -0.15) is 0 Å². The lowest BCUT2D eigenvalue weighted by atomic mass is 9.53. The van der Waals surface area contributed by atoms with Gasteiger partial charge in [0.05, 0.1) is 4.90 Å². The van der Waals surface area contributed by atoms with Gasteiger partial charge in [0.2, 0.25) is 10.0 Å². The molecule has 9 heteroatoms. The average Bonchev–Trinajstić information content (AvgIpc) is 2.78. The Balaban J connectivity index is 1.14. The Morgan fingerprint density at radius 1 is 1.00 bits per heavy atom. The second kappa shape index (κ2) is 8.58.